The predicted molar refractivity (Wildman–Crippen MR) is 62.5 cm³/mol. The van der Waals surface area contributed by atoms with E-state index in [0.717, 1.165) is 18.7 Å². The molecule has 0 radical (unpaired) electrons. The Balaban J connectivity index is 2.79. The van der Waals surface area contributed by atoms with E-state index in [4.69, 9.17) is 5.84 Å². The summed E-state index contributed by atoms with van der Waals surface area (Å²) in [4.78, 5) is 8.10. The summed E-state index contributed by atoms with van der Waals surface area (Å²) >= 11 is 0. The monoisotopic (exact) mass is 209 g/mol. The lowest BCUT2D eigenvalue weighted by atomic mass is 9.96. The van der Waals surface area contributed by atoms with Crippen LogP contribution in [0, 0.1) is 0 Å². The maximum absolute atomic E-state index is 5.28. The Morgan fingerprint density at radius 1 is 1.27 bits per heavy atom. The van der Waals surface area contributed by atoms with Crippen LogP contribution in [-0.4, -0.2) is 15.5 Å². The summed E-state index contributed by atoms with van der Waals surface area (Å²) in [6, 6.07) is 1.80. The summed E-state index contributed by atoms with van der Waals surface area (Å²) in [5.74, 6) is 6.69. The molecule has 5 heteroatoms. The molecule has 0 spiro atoms. The summed E-state index contributed by atoms with van der Waals surface area (Å²) in [6.07, 6.45) is 3.57. The number of hydrogen-bond acceptors (Lipinski definition) is 5. The van der Waals surface area contributed by atoms with Gasteiger partial charge in [-0.15, -0.1) is 0 Å². The number of nitrogens with one attached hydrogen (secondary N) is 2. The molecule has 0 amide bonds. The van der Waals surface area contributed by atoms with Gasteiger partial charge < -0.3 is 10.7 Å². The standard InChI is InChI=1S/C10H19N5/c1-4-10(3,5-2)14-8-6-9(15-11)13-7-12-8/h6-7H,4-5,11H2,1-3H3,(H2,12,13,14,15). The van der Waals surface area contributed by atoms with E-state index < -0.39 is 0 Å². The fraction of sp³-hybridized carbons (Fsp3) is 0.600. The van der Waals surface area contributed by atoms with Crippen molar-refractivity contribution in [3.63, 3.8) is 0 Å². The lowest BCUT2D eigenvalue weighted by Gasteiger charge is -2.28. The molecule has 0 aliphatic rings. The van der Waals surface area contributed by atoms with Gasteiger partial charge in [-0.1, -0.05) is 13.8 Å². The molecule has 0 aromatic carbocycles. The number of aromatic nitrogens is 2. The molecule has 0 aliphatic carbocycles. The largest absolute Gasteiger partial charge is 0.365 e. The van der Waals surface area contributed by atoms with E-state index in [1.54, 1.807) is 6.07 Å². The van der Waals surface area contributed by atoms with Crippen LogP contribution in [0.5, 0.6) is 0 Å². The highest BCUT2D eigenvalue weighted by atomic mass is 15.3. The number of hydrogen-bond donors (Lipinski definition) is 3. The van der Waals surface area contributed by atoms with Crippen molar-refractivity contribution in [3.05, 3.63) is 12.4 Å². The SMILES string of the molecule is CCC(C)(CC)Nc1cc(NN)ncn1. The zero-order valence-electron chi connectivity index (χ0n) is 9.54. The Morgan fingerprint density at radius 3 is 2.40 bits per heavy atom. The highest BCUT2D eigenvalue weighted by Gasteiger charge is 2.19. The molecule has 1 aromatic heterocycles. The number of nitrogens with two attached hydrogens (primary N) is 1. The van der Waals surface area contributed by atoms with Gasteiger partial charge in [-0.2, -0.15) is 0 Å². The van der Waals surface area contributed by atoms with Crippen LogP contribution in [0.15, 0.2) is 12.4 Å². The van der Waals surface area contributed by atoms with Crippen molar-refractivity contribution in [2.75, 3.05) is 10.7 Å². The van der Waals surface area contributed by atoms with Crippen LogP contribution in [0.1, 0.15) is 33.6 Å². The molecule has 84 valence electrons. The number of nitrogens with zero attached hydrogens (tertiary/aromatic N) is 2. The van der Waals surface area contributed by atoms with Gasteiger partial charge in [-0.25, -0.2) is 15.8 Å². The van der Waals surface area contributed by atoms with Crippen LogP contribution < -0.4 is 16.6 Å². The van der Waals surface area contributed by atoms with Crippen molar-refractivity contribution in [3.8, 4) is 0 Å². The Bertz CT molecular complexity index is 308. The third-order valence-corrected chi connectivity index (χ3v) is 2.81. The third-order valence-electron chi connectivity index (χ3n) is 2.81. The second-order valence-electron chi connectivity index (χ2n) is 3.83. The summed E-state index contributed by atoms with van der Waals surface area (Å²) in [6.45, 7) is 6.48. The van der Waals surface area contributed by atoms with Gasteiger partial charge in [0.2, 0.25) is 0 Å². The molecule has 15 heavy (non-hydrogen) atoms. The van der Waals surface area contributed by atoms with Crippen molar-refractivity contribution in [2.24, 2.45) is 5.84 Å². The molecule has 4 N–H and O–H groups in total. The molecule has 1 rings (SSSR count). The van der Waals surface area contributed by atoms with E-state index in [0.29, 0.717) is 5.82 Å². The van der Waals surface area contributed by atoms with Gasteiger partial charge in [0.25, 0.3) is 0 Å². The Morgan fingerprint density at radius 2 is 1.87 bits per heavy atom. The van der Waals surface area contributed by atoms with Crippen LogP contribution in [0.2, 0.25) is 0 Å². The Hall–Kier alpha value is -1.36. The Labute approximate surface area is 90.5 Å². The topological polar surface area (TPSA) is 75.9 Å². The summed E-state index contributed by atoms with van der Waals surface area (Å²) in [5.41, 5.74) is 2.57. The Kier molecular flexibility index (Phi) is 3.85. The van der Waals surface area contributed by atoms with Gasteiger partial charge in [0.1, 0.15) is 18.0 Å². The number of rotatable bonds is 5. The van der Waals surface area contributed by atoms with Crippen LogP contribution in [0.4, 0.5) is 11.6 Å². The second-order valence-corrected chi connectivity index (χ2v) is 3.83. The first-order valence-electron chi connectivity index (χ1n) is 5.20. The quantitative estimate of drug-likeness (QED) is 0.509. The zero-order valence-corrected chi connectivity index (χ0v) is 9.54. The summed E-state index contributed by atoms with van der Waals surface area (Å²) in [5, 5.41) is 3.38. The van der Waals surface area contributed by atoms with Gasteiger partial charge >= 0.3 is 0 Å². The molecule has 0 saturated heterocycles. The van der Waals surface area contributed by atoms with Crippen molar-refractivity contribution >= 4 is 11.6 Å². The highest BCUT2D eigenvalue weighted by Crippen LogP contribution is 2.20. The van der Waals surface area contributed by atoms with Gasteiger partial charge in [0.15, 0.2) is 0 Å². The minimum Gasteiger partial charge on any atom is -0.365 e. The number of anilines is 2. The van der Waals surface area contributed by atoms with Crippen molar-refractivity contribution in [1.29, 1.82) is 0 Å². The van der Waals surface area contributed by atoms with E-state index in [9.17, 15) is 0 Å². The van der Waals surface area contributed by atoms with Crippen molar-refractivity contribution < 1.29 is 0 Å². The molecule has 0 aliphatic heterocycles. The van der Waals surface area contributed by atoms with Crippen LogP contribution >= 0.6 is 0 Å². The van der Waals surface area contributed by atoms with E-state index in [2.05, 4.69) is 41.5 Å². The van der Waals surface area contributed by atoms with E-state index in [1.807, 2.05) is 0 Å². The first-order chi connectivity index (χ1) is 7.13. The summed E-state index contributed by atoms with van der Waals surface area (Å²) in [7, 11) is 0. The zero-order chi connectivity index (χ0) is 11.3. The fourth-order valence-corrected chi connectivity index (χ4v) is 1.24. The number of hydrazine groups is 1. The predicted octanol–water partition coefficient (Wildman–Crippen LogP) is 1.75. The molecule has 1 heterocycles. The average Bonchev–Trinajstić information content (AvgIpc) is 2.29. The smallest absolute Gasteiger partial charge is 0.145 e. The first kappa shape index (κ1) is 11.7. The third kappa shape index (κ3) is 3.06. The molecule has 0 bridgehead atoms. The molecule has 0 fully saturated rings. The van der Waals surface area contributed by atoms with Gasteiger partial charge in [0.05, 0.1) is 0 Å². The molecule has 1 aromatic rings. The lowest BCUT2D eigenvalue weighted by Crippen LogP contribution is -2.33. The maximum atomic E-state index is 5.28. The van der Waals surface area contributed by atoms with Gasteiger partial charge in [-0.05, 0) is 19.8 Å². The maximum Gasteiger partial charge on any atom is 0.145 e. The van der Waals surface area contributed by atoms with E-state index in [-0.39, 0.29) is 5.54 Å². The van der Waals surface area contributed by atoms with Crippen LogP contribution in [-0.2, 0) is 0 Å². The second kappa shape index (κ2) is 4.93. The molecule has 5 nitrogen and oxygen atoms in total. The van der Waals surface area contributed by atoms with Crippen molar-refractivity contribution in [2.45, 2.75) is 39.2 Å². The molecule has 0 saturated carbocycles. The summed E-state index contributed by atoms with van der Waals surface area (Å²) < 4.78 is 0. The molecule has 0 atom stereocenters. The average molecular weight is 209 g/mol. The van der Waals surface area contributed by atoms with E-state index >= 15 is 0 Å². The normalized spacial score (nSPS) is 11.2. The minimum atomic E-state index is 0.0697. The van der Waals surface area contributed by atoms with Crippen molar-refractivity contribution in [1.82, 2.24) is 9.97 Å². The first-order valence-corrected chi connectivity index (χ1v) is 5.20. The number of nitrogen functional groups attached to an aromatic ring is 1. The fourth-order valence-electron chi connectivity index (χ4n) is 1.24. The molecular weight excluding hydrogens is 190 g/mol. The van der Waals surface area contributed by atoms with Gasteiger partial charge in [-0.3, -0.25) is 0 Å². The van der Waals surface area contributed by atoms with E-state index in [1.165, 1.54) is 6.33 Å². The lowest BCUT2D eigenvalue weighted by molar-refractivity contribution is 0.476. The molecule has 0 unspecified atom stereocenters. The molecular formula is C10H19N5. The van der Waals surface area contributed by atoms with Gasteiger partial charge in [0, 0.05) is 11.6 Å². The van der Waals surface area contributed by atoms with Crippen LogP contribution in [0.3, 0.4) is 0 Å². The minimum absolute atomic E-state index is 0.0697. The van der Waals surface area contributed by atoms with Crippen LogP contribution in [0.25, 0.3) is 0 Å². The highest BCUT2D eigenvalue weighted by molar-refractivity contribution is 5.47.